The van der Waals surface area contributed by atoms with E-state index < -0.39 is 0 Å². The lowest BCUT2D eigenvalue weighted by Gasteiger charge is -2.13. The molecule has 1 aromatic rings. The average molecular weight is 267 g/mol. The molecule has 0 aliphatic heterocycles. The Kier molecular flexibility index (Phi) is 5.35. The van der Waals surface area contributed by atoms with Crippen LogP contribution in [-0.2, 0) is 0 Å². The summed E-state index contributed by atoms with van der Waals surface area (Å²) >= 11 is 5.95. The minimum absolute atomic E-state index is 0.278. The van der Waals surface area contributed by atoms with Crippen LogP contribution in [-0.4, -0.2) is 11.6 Å². The normalized spacial score (nSPS) is 10.6. The van der Waals surface area contributed by atoms with E-state index in [9.17, 15) is 4.79 Å². The molecule has 0 unspecified atom stereocenters. The summed E-state index contributed by atoms with van der Waals surface area (Å²) in [6.07, 6.45) is 0. The standard InChI is InChI=1S/C14H19ClN2O/c1-9(2)13(10(3)4)16-17-14(18)11-7-5-6-8-12(11)15/h5-10H,1-4H3,(H,17,18). The highest BCUT2D eigenvalue weighted by Gasteiger charge is 2.12. The van der Waals surface area contributed by atoms with E-state index in [0.717, 1.165) is 5.71 Å². The van der Waals surface area contributed by atoms with E-state index in [0.29, 0.717) is 22.4 Å². The molecular formula is C14H19ClN2O. The van der Waals surface area contributed by atoms with Gasteiger partial charge in [-0.05, 0) is 24.0 Å². The molecule has 1 rings (SSSR count). The van der Waals surface area contributed by atoms with Gasteiger partial charge in [0.05, 0.1) is 10.6 Å². The van der Waals surface area contributed by atoms with Gasteiger partial charge in [-0.1, -0.05) is 51.4 Å². The minimum atomic E-state index is -0.278. The number of hydrogen-bond acceptors (Lipinski definition) is 2. The summed E-state index contributed by atoms with van der Waals surface area (Å²) in [6.45, 7) is 8.22. The number of carbonyl (C=O) groups is 1. The first-order valence-electron chi connectivity index (χ1n) is 6.05. The molecule has 0 saturated heterocycles. The Labute approximate surface area is 113 Å². The van der Waals surface area contributed by atoms with Crippen molar-refractivity contribution in [2.24, 2.45) is 16.9 Å². The van der Waals surface area contributed by atoms with E-state index in [4.69, 9.17) is 11.6 Å². The van der Waals surface area contributed by atoms with Gasteiger partial charge in [-0.3, -0.25) is 4.79 Å². The van der Waals surface area contributed by atoms with Crippen LogP contribution in [0.1, 0.15) is 38.1 Å². The van der Waals surface area contributed by atoms with E-state index in [1.165, 1.54) is 0 Å². The van der Waals surface area contributed by atoms with Crippen LogP contribution < -0.4 is 5.43 Å². The first-order chi connectivity index (χ1) is 8.43. The molecule has 0 aliphatic rings. The Morgan fingerprint density at radius 3 is 2.22 bits per heavy atom. The summed E-state index contributed by atoms with van der Waals surface area (Å²) in [5.74, 6) is 0.326. The van der Waals surface area contributed by atoms with Crippen molar-refractivity contribution < 1.29 is 4.79 Å². The van der Waals surface area contributed by atoms with E-state index in [1.807, 2.05) is 0 Å². The highest BCUT2D eigenvalue weighted by Crippen LogP contribution is 2.14. The third-order valence-corrected chi connectivity index (χ3v) is 2.92. The van der Waals surface area contributed by atoms with Crippen molar-refractivity contribution in [3.63, 3.8) is 0 Å². The second-order valence-electron chi connectivity index (χ2n) is 4.77. The number of hydrogen-bond donors (Lipinski definition) is 1. The smallest absolute Gasteiger partial charge is 0.267 e. The molecule has 98 valence electrons. The summed E-state index contributed by atoms with van der Waals surface area (Å²) in [7, 11) is 0. The van der Waals surface area contributed by atoms with Gasteiger partial charge < -0.3 is 0 Å². The van der Waals surface area contributed by atoms with Gasteiger partial charge >= 0.3 is 0 Å². The van der Waals surface area contributed by atoms with Crippen LogP contribution in [0.3, 0.4) is 0 Å². The third kappa shape index (κ3) is 3.84. The topological polar surface area (TPSA) is 41.5 Å². The van der Waals surface area contributed by atoms with Crippen LogP contribution in [0.2, 0.25) is 5.02 Å². The van der Waals surface area contributed by atoms with Gasteiger partial charge in [-0.25, -0.2) is 5.43 Å². The first kappa shape index (κ1) is 14.7. The Balaban J connectivity index is 2.83. The average Bonchev–Trinajstić information content (AvgIpc) is 2.28. The molecule has 0 aromatic heterocycles. The summed E-state index contributed by atoms with van der Waals surface area (Å²) in [5, 5.41) is 4.63. The van der Waals surface area contributed by atoms with E-state index in [2.05, 4.69) is 38.2 Å². The highest BCUT2D eigenvalue weighted by atomic mass is 35.5. The minimum Gasteiger partial charge on any atom is -0.267 e. The fourth-order valence-electron chi connectivity index (χ4n) is 1.75. The Morgan fingerprint density at radius 2 is 1.72 bits per heavy atom. The molecule has 0 saturated carbocycles. The summed E-state index contributed by atoms with van der Waals surface area (Å²) in [4.78, 5) is 11.9. The van der Waals surface area contributed by atoms with Crippen LogP contribution in [0.25, 0.3) is 0 Å². The summed E-state index contributed by atoms with van der Waals surface area (Å²) in [6, 6.07) is 6.93. The first-order valence-corrected chi connectivity index (χ1v) is 6.43. The predicted octanol–water partition coefficient (Wildman–Crippen LogP) is 3.74. The SMILES string of the molecule is CC(C)C(=NNC(=O)c1ccccc1Cl)C(C)C. The molecule has 1 N–H and O–H groups in total. The van der Waals surface area contributed by atoms with Crippen LogP contribution in [0.15, 0.2) is 29.4 Å². The van der Waals surface area contributed by atoms with E-state index in [-0.39, 0.29) is 5.91 Å². The zero-order valence-electron chi connectivity index (χ0n) is 11.2. The number of amides is 1. The van der Waals surface area contributed by atoms with Crippen molar-refractivity contribution >= 4 is 23.2 Å². The third-order valence-electron chi connectivity index (χ3n) is 2.59. The Hall–Kier alpha value is -1.35. The maximum atomic E-state index is 11.9. The fourth-order valence-corrected chi connectivity index (χ4v) is 1.97. The quantitative estimate of drug-likeness (QED) is 0.655. The van der Waals surface area contributed by atoms with E-state index >= 15 is 0 Å². The van der Waals surface area contributed by atoms with Gasteiger partial charge in [-0.15, -0.1) is 0 Å². The number of nitrogens with one attached hydrogen (secondary N) is 1. The molecule has 0 bridgehead atoms. The van der Waals surface area contributed by atoms with E-state index in [1.54, 1.807) is 24.3 Å². The largest absolute Gasteiger partial charge is 0.272 e. The molecule has 0 spiro atoms. The maximum absolute atomic E-state index is 11.9. The second kappa shape index (κ2) is 6.55. The Bertz CT molecular complexity index is 443. The van der Waals surface area contributed by atoms with Crippen molar-refractivity contribution in [3.05, 3.63) is 34.9 Å². The van der Waals surface area contributed by atoms with Gasteiger partial charge in [0.2, 0.25) is 0 Å². The van der Waals surface area contributed by atoms with Gasteiger partial charge in [0, 0.05) is 5.71 Å². The predicted molar refractivity (Wildman–Crippen MR) is 76.0 cm³/mol. The molecule has 0 heterocycles. The highest BCUT2D eigenvalue weighted by molar-refractivity contribution is 6.33. The van der Waals surface area contributed by atoms with Crippen molar-refractivity contribution in [1.82, 2.24) is 5.43 Å². The number of halogens is 1. The van der Waals surface area contributed by atoms with Crippen LogP contribution in [0.5, 0.6) is 0 Å². The second-order valence-corrected chi connectivity index (χ2v) is 5.17. The molecule has 0 fully saturated rings. The molecule has 4 heteroatoms. The number of rotatable bonds is 4. The van der Waals surface area contributed by atoms with Crippen LogP contribution in [0.4, 0.5) is 0 Å². The maximum Gasteiger partial charge on any atom is 0.272 e. The molecule has 3 nitrogen and oxygen atoms in total. The van der Waals surface area contributed by atoms with Gasteiger partial charge in [-0.2, -0.15) is 5.10 Å². The van der Waals surface area contributed by atoms with Gasteiger partial charge in [0.15, 0.2) is 0 Å². The monoisotopic (exact) mass is 266 g/mol. The number of nitrogens with zero attached hydrogens (tertiary/aromatic N) is 1. The fraction of sp³-hybridized carbons (Fsp3) is 0.429. The van der Waals surface area contributed by atoms with Crippen LogP contribution in [0, 0.1) is 11.8 Å². The lowest BCUT2D eigenvalue weighted by molar-refractivity contribution is 0.0954. The molecular weight excluding hydrogens is 248 g/mol. The molecule has 0 radical (unpaired) electrons. The number of benzene rings is 1. The lowest BCUT2D eigenvalue weighted by atomic mass is 9.98. The zero-order chi connectivity index (χ0) is 13.7. The summed E-state index contributed by atoms with van der Waals surface area (Å²) in [5.41, 5.74) is 3.97. The van der Waals surface area contributed by atoms with Gasteiger partial charge in [0.1, 0.15) is 0 Å². The van der Waals surface area contributed by atoms with Crippen molar-refractivity contribution in [2.45, 2.75) is 27.7 Å². The Morgan fingerprint density at radius 1 is 1.17 bits per heavy atom. The molecule has 18 heavy (non-hydrogen) atoms. The summed E-state index contributed by atoms with van der Waals surface area (Å²) < 4.78 is 0. The lowest BCUT2D eigenvalue weighted by Crippen LogP contribution is -2.24. The van der Waals surface area contributed by atoms with Crippen molar-refractivity contribution in [2.75, 3.05) is 0 Å². The van der Waals surface area contributed by atoms with Crippen molar-refractivity contribution in [3.8, 4) is 0 Å². The molecule has 0 atom stereocenters. The number of hydrazone groups is 1. The molecule has 1 aromatic carbocycles. The zero-order valence-corrected chi connectivity index (χ0v) is 12.0. The van der Waals surface area contributed by atoms with Crippen LogP contribution >= 0.6 is 11.6 Å². The number of carbonyl (C=O) groups excluding carboxylic acids is 1. The van der Waals surface area contributed by atoms with Gasteiger partial charge in [0.25, 0.3) is 5.91 Å². The molecule has 1 amide bonds. The van der Waals surface area contributed by atoms with Crippen molar-refractivity contribution in [1.29, 1.82) is 0 Å². The molecule has 0 aliphatic carbocycles.